The van der Waals surface area contributed by atoms with Crippen LogP contribution in [-0.4, -0.2) is 61.5 Å². The highest BCUT2D eigenvalue weighted by molar-refractivity contribution is 5.78. The van der Waals surface area contributed by atoms with E-state index < -0.39 is 0 Å². The van der Waals surface area contributed by atoms with E-state index in [0.717, 1.165) is 38.6 Å². The molecule has 4 nitrogen and oxygen atoms in total. The zero-order chi connectivity index (χ0) is 15.1. The van der Waals surface area contributed by atoms with E-state index in [1.54, 1.807) is 0 Å². The van der Waals surface area contributed by atoms with Gasteiger partial charge >= 0.3 is 0 Å². The Kier molecular flexibility index (Phi) is 6.97. The van der Waals surface area contributed by atoms with Gasteiger partial charge in [-0.3, -0.25) is 9.69 Å². The van der Waals surface area contributed by atoms with Gasteiger partial charge in [0.15, 0.2) is 0 Å². The van der Waals surface area contributed by atoms with E-state index in [1.807, 2.05) is 0 Å². The maximum atomic E-state index is 11.8. The largest absolute Gasteiger partial charge is 0.355 e. The molecule has 0 aromatic carbocycles. The topological polar surface area (TPSA) is 35.6 Å². The summed E-state index contributed by atoms with van der Waals surface area (Å²) in [5, 5.41) is 3.01. The molecular formula is C17H33N3O. The Morgan fingerprint density at radius 3 is 2.29 bits per heavy atom. The van der Waals surface area contributed by atoms with Crippen molar-refractivity contribution in [3.8, 4) is 0 Å². The van der Waals surface area contributed by atoms with Crippen molar-refractivity contribution in [3.05, 3.63) is 0 Å². The summed E-state index contributed by atoms with van der Waals surface area (Å²) in [7, 11) is 0. The Morgan fingerprint density at radius 2 is 1.67 bits per heavy atom. The predicted molar refractivity (Wildman–Crippen MR) is 87.3 cm³/mol. The van der Waals surface area contributed by atoms with Crippen LogP contribution in [0.4, 0.5) is 0 Å². The van der Waals surface area contributed by atoms with Gasteiger partial charge in [-0.15, -0.1) is 0 Å². The predicted octanol–water partition coefficient (Wildman–Crippen LogP) is 1.96. The van der Waals surface area contributed by atoms with Crippen LogP contribution in [0, 0.1) is 11.8 Å². The summed E-state index contributed by atoms with van der Waals surface area (Å²) in [6, 6.07) is 0. The van der Waals surface area contributed by atoms with Crippen LogP contribution in [0.1, 0.15) is 46.0 Å². The molecule has 0 unspecified atom stereocenters. The molecule has 0 bridgehead atoms. The Hall–Kier alpha value is -0.610. The lowest BCUT2D eigenvalue weighted by molar-refractivity contribution is -0.122. The quantitative estimate of drug-likeness (QED) is 0.813. The molecule has 2 fully saturated rings. The second kappa shape index (κ2) is 8.74. The van der Waals surface area contributed by atoms with Crippen molar-refractivity contribution in [2.24, 2.45) is 11.8 Å². The molecule has 1 saturated heterocycles. The third-order valence-corrected chi connectivity index (χ3v) is 4.78. The maximum Gasteiger partial charge on any atom is 0.234 e. The molecular weight excluding hydrogens is 262 g/mol. The minimum atomic E-state index is 0.185. The molecule has 0 spiro atoms. The van der Waals surface area contributed by atoms with Crippen molar-refractivity contribution in [1.82, 2.24) is 15.1 Å². The van der Waals surface area contributed by atoms with E-state index in [2.05, 4.69) is 29.0 Å². The van der Waals surface area contributed by atoms with E-state index in [-0.39, 0.29) is 5.91 Å². The summed E-state index contributed by atoms with van der Waals surface area (Å²) in [6.45, 7) is 11.3. The van der Waals surface area contributed by atoms with E-state index in [0.29, 0.717) is 12.5 Å². The second-order valence-corrected chi connectivity index (χ2v) is 7.28. The van der Waals surface area contributed by atoms with Crippen molar-refractivity contribution in [3.63, 3.8) is 0 Å². The van der Waals surface area contributed by atoms with Crippen molar-refractivity contribution >= 4 is 5.91 Å². The van der Waals surface area contributed by atoms with Gasteiger partial charge in [0.1, 0.15) is 0 Å². The number of nitrogens with one attached hydrogen (secondary N) is 1. The monoisotopic (exact) mass is 295 g/mol. The molecule has 2 rings (SSSR count). The van der Waals surface area contributed by atoms with Crippen molar-refractivity contribution in [1.29, 1.82) is 0 Å². The maximum absolute atomic E-state index is 11.8. The molecule has 1 aliphatic carbocycles. The van der Waals surface area contributed by atoms with Gasteiger partial charge in [-0.2, -0.15) is 0 Å². The number of hydrogen-bond acceptors (Lipinski definition) is 3. The molecule has 0 atom stereocenters. The van der Waals surface area contributed by atoms with Gasteiger partial charge < -0.3 is 10.2 Å². The number of rotatable bonds is 6. The van der Waals surface area contributed by atoms with E-state index >= 15 is 0 Å². The lowest BCUT2D eigenvalue weighted by atomic mass is 9.89. The first-order chi connectivity index (χ1) is 10.1. The summed E-state index contributed by atoms with van der Waals surface area (Å²) in [5.41, 5.74) is 0. The molecule has 0 radical (unpaired) electrons. The van der Waals surface area contributed by atoms with Crippen molar-refractivity contribution in [2.75, 3.05) is 45.8 Å². The number of carbonyl (C=O) groups is 1. The summed E-state index contributed by atoms with van der Waals surface area (Å²) >= 11 is 0. The third-order valence-electron chi connectivity index (χ3n) is 4.78. The highest BCUT2D eigenvalue weighted by Gasteiger charge is 2.22. The number of piperazine rings is 1. The van der Waals surface area contributed by atoms with Gasteiger partial charge in [0.2, 0.25) is 5.91 Å². The number of carbonyl (C=O) groups excluding carboxylic acids is 1. The van der Waals surface area contributed by atoms with Gasteiger partial charge in [0, 0.05) is 39.3 Å². The van der Waals surface area contributed by atoms with Gasteiger partial charge in [-0.1, -0.05) is 33.1 Å². The normalized spacial score (nSPS) is 22.6. The molecule has 0 aromatic rings. The van der Waals surface area contributed by atoms with Crippen LogP contribution in [0.2, 0.25) is 0 Å². The Morgan fingerprint density at radius 1 is 1.05 bits per heavy atom. The fraction of sp³-hybridized carbons (Fsp3) is 0.941. The average Bonchev–Trinajstić information content (AvgIpc) is 2.48. The molecule has 1 heterocycles. The zero-order valence-electron chi connectivity index (χ0n) is 13.9. The first-order valence-electron chi connectivity index (χ1n) is 8.85. The fourth-order valence-electron chi connectivity index (χ4n) is 3.44. The Bertz CT molecular complexity index is 305. The van der Waals surface area contributed by atoms with E-state index in [4.69, 9.17) is 0 Å². The van der Waals surface area contributed by atoms with Gasteiger partial charge in [-0.25, -0.2) is 0 Å². The highest BCUT2D eigenvalue weighted by atomic mass is 16.2. The van der Waals surface area contributed by atoms with Crippen LogP contribution >= 0.6 is 0 Å². The molecule has 4 heteroatoms. The molecule has 1 amide bonds. The third kappa shape index (κ3) is 6.35. The lowest BCUT2D eigenvalue weighted by Gasteiger charge is -2.37. The summed E-state index contributed by atoms with van der Waals surface area (Å²) in [5.74, 6) is 1.64. The molecule has 2 aliphatic rings. The van der Waals surface area contributed by atoms with Crippen molar-refractivity contribution in [2.45, 2.75) is 46.0 Å². The van der Waals surface area contributed by atoms with Crippen LogP contribution in [0.5, 0.6) is 0 Å². The summed E-state index contributed by atoms with van der Waals surface area (Å²) in [4.78, 5) is 16.8. The Labute approximate surface area is 130 Å². The number of nitrogens with zero attached hydrogens (tertiary/aromatic N) is 2. The van der Waals surface area contributed by atoms with E-state index in [9.17, 15) is 4.79 Å². The van der Waals surface area contributed by atoms with Crippen LogP contribution in [0.15, 0.2) is 0 Å². The average molecular weight is 295 g/mol. The second-order valence-electron chi connectivity index (χ2n) is 7.28. The molecule has 1 aliphatic heterocycles. The fourth-order valence-corrected chi connectivity index (χ4v) is 3.44. The molecule has 1 saturated carbocycles. The molecule has 122 valence electrons. The summed E-state index contributed by atoms with van der Waals surface area (Å²) < 4.78 is 0. The number of amides is 1. The van der Waals surface area contributed by atoms with Crippen molar-refractivity contribution < 1.29 is 4.79 Å². The van der Waals surface area contributed by atoms with Crippen LogP contribution in [0.3, 0.4) is 0 Å². The van der Waals surface area contributed by atoms with E-state index in [1.165, 1.54) is 38.6 Å². The molecule has 0 aromatic heterocycles. The standard InChI is InChI=1S/C17H33N3O/c1-15(2)12-18-17(21)14-20-10-8-19(9-11-20)13-16-6-4-3-5-7-16/h15-16H,3-14H2,1-2H3,(H,18,21). The minimum absolute atomic E-state index is 0.185. The van der Waals surface area contributed by atoms with Crippen LogP contribution < -0.4 is 5.32 Å². The van der Waals surface area contributed by atoms with Gasteiger partial charge in [0.05, 0.1) is 6.54 Å². The lowest BCUT2D eigenvalue weighted by Crippen LogP contribution is -2.50. The summed E-state index contributed by atoms with van der Waals surface area (Å²) in [6.07, 6.45) is 7.16. The Balaban J connectivity index is 1.60. The molecule has 21 heavy (non-hydrogen) atoms. The molecule has 1 N–H and O–H groups in total. The highest BCUT2D eigenvalue weighted by Crippen LogP contribution is 2.24. The van der Waals surface area contributed by atoms with Crippen LogP contribution in [-0.2, 0) is 4.79 Å². The SMILES string of the molecule is CC(C)CNC(=O)CN1CCN(CC2CCCCC2)CC1. The van der Waals surface area contributed by atoms with Crippen LogP contribution in [0.25, 0.3) is 0 Å². The number of hydrogen-bond donors (Lipinski definition) is 1. The van der Waals surface area contributed by atoms with Gasteiger partial charge in [0.25, 0.3) is 0 Å². The smallest absolute Gasteiger partial charge is 0.234 e. The first kappa shape index (κ1) is 16.8. The van der Waals surface area contributed by atoms with Gasteiger partial charge in [-0.05, 0) is 24.7 Å². The zero-order valence-corrected chi connectivity index (χ0v) is 13.9. The first-order valence-corrected chi connectivity index (χ1v) is 8.85. The minimum Gasteiger partial charge on any atom is -0.355 e.